The molecule has 0 fully saturated rings. The second-order valence-corrected chi connectivity index (χ2v) is 6.24. The van der Waals surface area contributed by atoms with Crippen molar-refractivity contribution in [2.75, 3.05) is 13.7 Å². The van der Waals surface area contributed by atoms with Crippen molar-refractivity contribution in [2.45, 2.75) is 12.6 Å². The summed E-state index contributed by atoms with van der Waals surface area (Å²) >= 11 is 10.6. The van der Waals surface area contributed by atoms with Gasteiger partial charge in [0.2, 0.25) is 0 Å². The number of thiophene rings is 1. The highest BCUT2D eigenvalue weighted by Crippen LogP contribution is 2.34. The molecule has 2 aromatic heterocycles. The molecule has 0 saturated heterocycles. The van der Waals surface area contributed by atoms with Crippen molar-refractivity contribution in [3.8, 4) is 0 Å². The molecule has 2 rings (SSSR count). The second-order valence-electron chi connectivity index (χ2n) is 3.64. The van der Waals surface area contributed by atoms with Crippen LogP contribution in [0.3, 0.4) is 0 Å². The van der Waals surface area contributed by atoms with Gasteiger partial charge in [-0.3, -0.25) is 4.68 Å². The molecule has 2 aromatic rings. The fourth-order valence-corrected chi connectivity index (χ4v) is 3.17. The van der Waals surface area contributed by atoms with Crippen molar-refractivity contribution in [1.29, 1.82) is 0 Å². The molecule has 0 amide bonds. The van der Waals surface area contributed by atoms with Crippen LogP contribution in [0, 0.1) is 0 Å². The van der Waals surface area contributed by atoms with Crippen LogP contribution in [-0.2, 0) is 11.3 Å². The number of aromatic nitrogens is 2. The molecule has 18 heavy (non-hydrogen) atoms. The number of hydrogen-bond acceptors (Lipinski definition) is 4. The fourth-order valence-electron chi connectivity index (χ4n) is 1.61. The third-order valence-corrected chi connectivity index (χ3v) is 4.36. The number of methoxy groups -OCH3 is 1. The van der Waals surface area contributed by atoms with Crippen molar-refractivity contribution < 1.29 is 9.84 Å². The summed E-state index contributed by atoms with van der Waals surface area (Å²) in [5.74, 6) is 0. The molecule has 1 atom stereocenters. The zero-order valence-corrected chi connectivity index (χ0v) is 12.8. The van der Waals surface area contributed by atoms with E-state index in [1.54, 1.807) is 24.1 Å². The molecule has 98 valence electrons. The lowest BCUT2D eigenvalue weighted by atomic mass is 10.2. The van der Waals surface area contributed by atoms with Gasteiger partial charge in [-0.25, -0.2) is 0 Å². The molecule has 0 aliphatic carbocycles. The lowest BCUT2D eigenvalue weighted by Crippen LogP contribution is -2.13. The van der Waals surface area contributed by atoms with Crippen LogP contribution < -0.4 is 0 Å². The van der Waals surface area contributed by atoms with Crippen LogP contribution >= 0.6 is 38.9 Å². The highest BCUT2D eigenvalue weighted by molar-refractivity contribution is 9.10. The molecule has 2 heterocycles. The summed E-state index contributed by atoms with van der Waals surface area (Å²) in [4.78, 5) is 0.792. The summed E-state index contributed by atoms with van der Waals surface area (Å²) in [6, 6.07) is 3.59. The molecule has 4 nitrogen and oxygen atoms in total. The van der Waals surface area contributed by atoms with Crippen LogP contribution in [0.4, 0.5) is 0 Å². The van der Waals surface area contributed by atoms with Gasteiger partial charge >= 0.3 is 0 Å². The summed E-state index contributed by atoms with van der Waals surface area (Å²) in [5.41, 5.74) is 0.713. The van der Waals surface area contributed by atoms with Gasteiger partial charge in [-0.1, -0.05) is 11.6 Å². The fraction of sp³-hybridized carbons (Fsp3) is 0.364. The third kappa shape index (κ3) is 2.95. The predicted molar refractivity (Wildman–Crippen MR) is 75.2 cm³/mol. The minimum absolute atomic E-state index is 0.541. The largest absolute Gasteiger partial charge is 0.383 e. The van der Waals surface area contributed by atoms with Crippen molar-refractivity contribution >= 4 is 38.9 Å². The van der Waals surface area contributed by atoms with Crippen LogP contribution in [0.5, 0.6) is 0 Å². The Balaban J connectivity index is 2.28. The first-order valence-corrected chi connectivity index (χ1v) is 7.25. The molecule has 0 aliphatic rings. The SMILES string of the molecule is COCCn1ncc(Br)c1C(O)c1ccc(Cl)s1. The van der Waals surface area contributed by atoms with Crippen molar-refractivity contribution in [2.24, 2.45) is 0 Å². The van der Waals surface area contributed by atoms with Crippen LogP contribution in [0.1, 0.15) is 16.7 Å². The van der Waals surface area contributed by atoms with Gasteiger partial charge in [-0.15, -0.1) is 11.3 Å². The Bertz CT molecular complexity index is 529. The molecule has 0 radical (unpaired) electrons. The Hall–Kier alpha value is -0.400. The molecule has 0 aromatic carbocycles. The Morgan fingerprint density at radius 2 is 2.39 bits per heavy atom. The highest BCUT2D eigenvalue weighted by Gasteiger charge is 2.20. The van der Waals surface area contributed by atoms with Gasteiger partial charge in [0.05, 0.1) is 33.9 Å². The molecule has 0 saturated carbocycles. The van der Waals surface area contributed by atoms with Gasteiger partial charge in [-0.2, -0.15) is 5.10 Å². The van der Waals surface area contributed by atoms with E-state index >= 15 is 0 Å². The Labute approximate surface area is 122 Å². The average molecular weight is 352 g/mol. The summed E-state index contributed by atoms with van der Waals surface area (Å²) in [5, 5.41) is 14.6. The summed E-state index contributed by atoms with van der Waals surface area (Å²) in [6.45, 7) is 1.13. The molecule has 1 unspecified atom stereocenters. The predicted octanol–water partition coefficient (Wildman–Crippen LogP) is 3.09. The number of rotatable bonds is 5. The van der Waals surface area contributed by atoms with Crippen LogP contribution in [0.2, 0.25) is 4.34 Å². The number of aliphatic hydroxyl groups is 1. The van der Waals surface area contributed by atoms with E-state index in [1.165, 1.54) is 11.3 Å². The monoisotopic (exact) mass is 350 g/mol. The van der Waals surface area contributed by atoms with Crippen LogP contribution in [-0.4, -0.2) is 28.6 Å². The van der Waals surface area contributed by atoms with Crippen molar-refractivity contribution in [1.82, 2.24) is 9.78 Å². The maximum absolute atomic E-state index is 10.4. The lowest BCUT2D eigenvalue weighted by molar-refractivity contribution is 0.172. The van der Waals surface area contributed by atoms with Gasteiger partial charge in [0, 0.05) is 12.0 Å². The van der Waals surface area contributed by atoms with Gasteiger partial charge in [0.25, 0.3) is 0 Å². The van der Waals surface area contributed by atoms with E-state index < -0.39 is 6.10 Å². The van der Waals surface area contributed by atoms with E-state index in [2.05, 4.69) is 21.0 Å². The van der Waals surface area contributed by atoms with Gasteiger partial charge in [0.1, 0.15) is 6.10 Å². The topological polar surface area (TPSA) is 47.3 Å². The van der Waals surface area contributed by atoms with Gasteiger partial charge < -0.3 is 9.84 Å². The number of ether oxygens (including phenoxy) is 1. The van der Waals surface area contributed by atoms with Crippen molar-refractivity contribution in [3.05, 3.63) is 37.7 Å². The second kappa shape index (κ2) is 6.16. The molecule has 0 bridgehead atoms. The molecule has 0 spiro atoms. The minimum atomic E-state index is -0.740. The van der Waals surface area contributed by atoms with Gasteiger partial charge in [-0.05, 0) is 28.1 Å². The first-order valence-electron chi connectivity index (χ1n) is 5.27. The van der Waals surface area contributed by atoms with Crippen LogP contribution in [0.25, 0.3) is 0 Å². The average Bonchev–Trinajstić information content (AvgIpc) is 2.92. The summed E-state index contributed by atoms with van der Waals surface area (Å²) in [7, 11) is 1.63. The highest BCUT2D eigenvalue weighted by atomic mass is 79.9. The zero-order chi connectivity index (χ0) is 13.1. The lowest BCUT2D eigenvalue weighted by Gasteiger charge is -2.12. The Morgan fingerprint density at radius 1 is 1.61 bits per heavy atom. The number of aliphatic hydroxyl groups excluding tert-OH is 1. The standard InChI is InChI=1S/C11H12BrClN2O2S/c1-17-5-4-15-10(7(12)6-14-15)11(16)8-2-3-9(13)18-8/h2-3,6,11,16H,4-5H2,1H3. The van der Waals surface area contributed by atoms with Crippen LogP contribution in [0.15, 0.2) is 22.8 Å². The normalized spacial score (nSPS) is 12.9. The molecular formula is C11H12BrClN2O2S. The molecular weight excluding hydrogens is 340 g/mol. The number of hydrogen-bond donors (Lipinski definition) is 1. The molecule has 0 aliphatic heterocycles. The van der Waals surface area contributed by atoms with E-state index in [0.29, 0.717) is 23.2 Å². The summed E-state index contributed by atoms with van der Waals surface area (Å²) in [6.07, 6.45) is 0.930. The van der Waals surface area contributed by atoms with E-state index in [0.717, 1.165) is 9.35 Å². The first-order chi connectivity index (χ1) is 8.63. The molecule has 7 heteroatoms. The van der Waals surface area contributed by atoms with E-state index in [-0.39, 0.29) is 0 Å². The Morgan fingerprint density at radius 3 is 3.00 bits per heavy atom. The summed E-state index contributed by atoms with van der Waals surface area (Å²) < 4.78 is 8.18. The van der Waals surface area contributed by atoms with E-state index in [1.807, 2.05) is 6.07 Å². The minimum Gasteiger partial charge on any atom is -0.383 e. The maximum atomic E-state index is 10.4. The first kappa shape index (κ1) is 14.0. The number of halogens is 2. The van der Waals surface area contributed by atoms with E-state index in [9.17, 15) is 5.11 Å². The Kier molecular flexibility index (Phi) is 4.80. The molecule has 1 N–H and O–H groups in total. The zero-order valence-electron chi connectivity index (χ0n) is 9.64. The number of nitrogens with zero attached hydrogens (tertiary/aromatic N) is 2. The van der Waals surface area contributed by atoms with Gasteiger partial charge in [0.15, 0.2) is 0 Å². The third-order valence-electron chi connectivity index (χ3n) is 2.46. The quantitative estimate of drug-likeness (QED) is 0.900. The van der Waals surface area contributed by atoms with Crippen molar-refractivity contribution in [3.63, 3.8) is 0 Å². The smallest absolute Gasteiger partial charge is 0.131 e. The maximum Gasteiger partial charge on any atom is 0.131 e. The van der Waals surface area contributed by atoms with E-state index in [4.69, 9.17) is 16.3 Å².